The lowest BCUT2D eigenvalue weighted by molar-refractivity contribution is 1.21. The van der Waals surface area contributed by atoms with E-state index in [0.29, 0.717) is 5.13 Å². The van der Waals surface area contributed by atoms with Crippen LogP contribution in [0.15, 0.2) is 54.9 Å². The van der Waals surface area contributed by atoms with Crippen LogP contribution in [0.2, 0.25) is 0 Å². The Bertz CT molecular complexity index is 662. The molecule has 0 saturated carbocycles. The average molecular weight is 267 g/mol. The van der Waals surface area contributed by atoms with E-state index in [2.05, 4.69) is 22.1 Å². The van der Waals surface area contributed by atoms with Gasteiger partial charge in [0.05, 0.1) is 5.69 Å². The molecule has 0 unspecified atom stereocenters. The monoisotopic (exact) mass is 267 g/mol. The van der Waals surface area contributed by atoms with Gasteiger partial charge in [-0.3, -0.25) is 4.98 Å². The topological polar surface area (TPSA) is 51.8 Å². The summed E-state index contributed by atoms with van der Waals surface area (Å²) >= 11 is 1.54. The summed E-state index contributed by atoms with van der Waals surface area (Å²) in [6.45, 7) is 0. The molecule has 2 N–H and O–H groups in total. The summed E-state index contributed by atoms with van der Waals surface area (Å²) in [5, 5.41) is 0.602. The van der Waals surface area contributed by atoms with Crippen LogP contribution < -0.4 is 5.73 Å². The van der Waals surface area contributed by atoms with E-state index in [1.807, 2.05) is 36.5 Å². The first-order chi connectivity index (χ1) is 9.33. The van der Waals surface area contributed by atoms with Crippen molar-refractivity contribution in [3.8, 4) is 11.3 Å². The zero-order chi connectivity index (χ0) is 13.1. The second kappa shape index (κ2) is 5.20. The molecule has 0 amide bonds. The minimum atomic E-state index is 0.602. The first kappa shape index (κ1) is 11.9. The number of benzene rings is 1. The molecule has 4 heteroatoms. The van der Waals surface area contributed by atoms with Crippen molar-refractivity contribution < 1.29 is 0 Å². The molecule has 0 fully saturated rings. The maximum atomic E-state index is 5.86. The maximum Gasteiger partial charge on any atom is 0.180 e. The van der Waals surface area contributed by atoms with Gasteiger partial charge in [0.25, 0.3) is 0 Å². The zero-order valence-electron chi connectivity index (χ0n) is 10.3. The summed E-state index contributed by atoms with van der Waals surface area (Å²) in [4.78, 5) is 9.75. The molecule has 19 heavy (non-hydrogen) atoms. The van der Waals surface area contributed by atoms with Gasteiger partial charge in [-0.15, -0.1) is 11.3 Å². The molecule has 0 spiro atoms. The normalized spacial score (nSPS) is 10.5. The average Bonchev–Trinajstić information content (AvgIpc) is 2.82. The SMILES string of the molecule is Nc1nc(-c2cccnc2)c(Cc2ccccc2)s1. The minimum absolute atomic E-state index is 0.602. The Morgan fingerprint density at radius 1 is 1.05 bits per heavy atom. The Kier molecular flexibility index (Phi) is 3.25. The Balaban J connectivity index is 1.99. The summed E-state index contributed by atoms with van der Waals surface area (Å²) < 4.78 is 0. The lowest BCUT2D eigenvalue weighted by Gasteiger charge is -2.02. The number of anilines is 1. The van der Waals surface area contributed by atoms with Gasteiger partial charge in [-0.1, -0.05) is 30.3 Å². The largest absolute Gasteiger partial charge is 0.375 e. The number of nitrogens with two attached hydrogens (primary N) is 1. The lowest BCUT2D eigenvalue weighted by Crippen LogP contribution is -1.89. The van der Waals surface area contributed by atoms with Crippen molar-refractivity contribution >= 4 is 16.5 Å². The highest BCUT2D eigenvalue weighted by Gasteiger charge is 2.12. The van der Waals surface area contributed by atoms with Gasteiger partial charge < -0.3 is 5.73 Å². The molecule has 0 aliphatic heterocycles. The Hall–Kier alpha value is -2.20. The third-order valence-corrected chi connectivity index (χ3v) is 3.74. The molecule has 2 heterocycles. The molecule has 3 rings (SSSR count). The van der Waals surface area contributed by atoms with E-state index in [1.165, 1.54) is 10.4 Å². The molecule has 0 radical (unpaired) electrons. The van der Waals surface area contributed by atoms with E-state index in [1.54, 1.807) is 17.5 Å². The second-order valence-corrected chi connectivity index (χ2v) is 5.34. The summed E-state index contributed by atoms with van der Waals surface area (Å²) in [6.07, 6.45) is 4.43. The fourth-order valence-electron chi connectivity index (χ4n) is 2.00. The van der Waals surface area contributed by atoms with Crippen molar-refractivity contribution in [2.45, 2.75) is 6.42 Å². The van der Waals surface area contributed by atoms with Gasteiger partial charge in [0.15, 0.2) is 5.13 Å². The van der Waals surface area contributed by atoms with E-state index in [0.717, 1.165) is 17.7 Å². The molecule has 0 bridgehead atoms. The quantitative estimate of drug-likeness (QED) is 0.791. The van der Waals surface area contributed by atoms with Crippen molar-refractivity contribution in [1.82, 2.24) is 9.97 Å². The molecule has 3 aromatic rings. The summed E-state index contributed by atoms with van der Waals surface area (Å²) in [7, 11) is 0. The third-order valence-electron chi connectivity index (χ3n) is 2.86. The number of rotatable bonds is 3. The van der Waals surface area contributed by atoms with Gasteiger partial charge in [-0.2, -0.15) is 0 Å². The molecule has 0 aliphatic carbocycles. The fraction of sp³-hybridized carbons (Fsp3) is 0.0667. The van der Waals surface area contributed by atoms with Gasteiger partial charge in [0.1, 0.15) is 0 Å². The van der Waals surface area contributed by atoms with Crippen molar-refractivity contribution in [2.75, 3.05) is 5.73 Å². The van der Waals surface area contributed by atoms with Gasteiger partial charge >= 0.3 is 0 Å². The molecule has 0 saturated heterocycles. The molecular weight excluding hydrogens is 254 g/mol. The number of thiazole rings is 1. The predicted molar refractivity (Wildman–Crippen MR) is 79.0 cm³/mol. The molecule has 1 aromatic carbocycles. The summed E-state index contributed by atoms with van der Waals surface area (Å²) in [5.41, 5.74) is 9.08. The van der Waals surface area contributed by atoms with Crippen LogP contribution in [0.5, 0.6) is 0 Å². The maximum absolute atomic E-state index is 5.86. The first-order valence-corrected chi connectivity index (χ1v) is 6.84. The highest BCUT2D eigenvalue weighted by Crippen LogP contribution is 2.30. The lowest BCUT2D eigenvalue weighted by atomic mass is 10.1. The van der Waals surface area contributed by atoms with Crippen molar-refractivity contribution in [2.24, 2.45) is 0 Å². The van der Waals surface area contributed by atoms with Crippen LogP contribution in [0.3, 0.4) is 0 Å². The number of nitrogens with zero attached hydrogens (tertiary/aromatic N) is 2. The second-order valence-electron chi connectivity index (χ2n) is 4.23. The summed E-state index contributed by atoms with van der Waals surface area (Å²) in [6, 6.07) is 14.3. The zero-order valence-corrected chi connectivity index (χ0v) is 11.1. The van der Waals surface area contributed by atoms with E-state index < -0.39 is 0 Å². The van der Waals surface area contributed by atoms with Crippen LogP contribution >= 0.6 is 11.3 Å². The summed E-state index contributed by atoms with van der Waals surface area (Å²) in [5.74, 6) is 0. The Morgan fingerprint density at radius 2 is 1.89 bits per heavy atom. The van der Waals surface area contributed by atoms with Gasteiger partial charge in [0, 0.05) is 29.3 Å². The highest BCUT2D eigenvalue weighted by molar-refractivity contribution is 7.15. The Morgan fingerprint density at radius 3 is 2.63 bits per heavy atom. The smallest absolute Gasteiger partial charge is 0.180 e. The van der Waals surface area contributed by atoms with E-state index in [4.69, 9.17) is 5.73 Å². The van der Waals surface area contributed by atoms with Gasteiger partial charge in [-0.25, -0.2) is 4.98 Å². The number of pyridine rings is 1. The third kappa shape index (κ3) is 2.63. The van der Waals surface area contributed by atoms with Crippen molar-refractivity contribution in [3.63, 3.8) is 0 Å². The first-order valence-electron chi connectivity index (χ1n) is 6.02. The van der Waals surface area contributed by atoms with Crippen LogP contribution in [0.25, 0.3) is 11.3 Å². The number of aromatic nitrogens is 2. The molecule has 2 aromatic heterocycles. The van der Waals surface area contributed by atoms with Gasteiger partial charge in [-0.05, 0) is 17.7 Å². The van der Waals surface area contributed by atoms with Crippen LogP contribution in [-0.2, 0) is 6.42 Å². The standard InChI is InChI=1S/C15H13N3S/c16-15-18-14(12-7-4-8-17-10-12)13(19-15)9-11-5-2-1-3-6-11/h1-8,10H,9H2,(H2,16,18). The molecule has 3 nitrogen and oxygen atoms in total. The van der Waals surface area contributed by atoms with Crippen molar-refractivity contribution in [1.29, 1.82) is 0 Å². The number of hydrogen-bond donors (Lipinski definition) is 1. The Labute approximate surface area is 115 Å². The highest BCUT2D eigenvalue weighted by atomic mass is 32.1. The molecule has 0 atom stereocenters. The molecule has 94 valence electrons. The molecule has 0 aliphatic rings. The minimum Gasteiger partial charge on any atom is -0.375 e. The van der Waals surface area contributed by atoms with E-state index in [9.17, 15) is 0 Å². The molecular formula is C15H13N3S. The van der Waals surface area contributed by atoms with E-state index >= 15 is 0 Å². The predicted octanol–water partition coefficient (Wildman–Crippen LogP) is 3.38. The number of nitrogen functional groups attached to an aromatic ring is 1. The van der Waals surface area contributed by atoms with Crippen LogP contribution in [0, 0.1) is 0 Å². The fourth-order valence-corrected chi connectivity index (χ4v) is 2.89. The van der Waals surface area contributed by atoms with Crippen LogP contribution in [0.4, 0.5) is 5.13 Å². The van der Waals surface area contributed by atoms with Crippen molar-refractivity contribution in [3.05, 3.63) is 65.3 Å². The van der Waals surface area contributed by atoms with Crippen LogP contribution in [0.1, 0.15) is 10.4 Å². The van der Waals surface area contributed by atoms with Crippen LogP contribution in [-0.4, -0.2) is 9.97 Å². The number of hydrogen-bond acceptors (Lipinski definition) is 4. The van der Waals surface area contributed by atoms with Gasteiger partial charge in [0.2, 0.25) is 0 Å². The van der Waals surface area contributed by atoms with E-state index in [-0.39, 0.29) is 0 Å².